The molecule has 1 unspecified atom stereocenters. The highest BCUT2D eigenvalue weighted by molar-refractivity contribution is 6.30. The molecule has 1 heterocycles. The van der Waals surface area contributed by atoms with Crippen molar-refractivity contribution < 1.29 is 28.6 Å². The lowest BCUT2D eigenvalue weighted by Gasteiger charge is -2.33. The van der Waals surface area contributed by atoms with Crippen LogP contribution in [0.15, 0.2) is 59.8 Å². The number of ether oxygens (including phenoxy) is 3. The third-order valence-electron chi connectivity index (χ3n) is 5.38. The smallest absolute Gasteiger partial charge is 0.336 e. The summed E-state index contributed by atoms with van der Waals surface area (Å²) in [5, 5.41) is 0.546. The molecule has 1 atom stereocenters. The minimum Gasteiger partial charge on any atom is -0.496 e. The zero-order valence-electron chi connectivity index (χ0n) is 18.1. The van der Waals surface area contributed by atoms with E-state index in [9.17, 15) is 14.4 Å². The Bertz CT molecular complexity index is 1050. The van der Waals surface area contributed by atoms with Gasteiger partial charge in [-0.3, -0.25) is 9.59 Å². The summed E-state index contributed by atoms with van der Waals surface area (Å²) >= 11 is 6.01. The minimum absolute atomic E-state index is 0.00207. The van der Waals surface area contributed by atoms with Crippen LogP contribution >= 0.6 is 11.6 Å². The average molecular weight is 458 g/mol. The molecule has 1 aliphatic heterocycles. The molecule has 0 N–H and O–H groups in total. The maximum atomic E-state index is 13.2. The van der Waals surface area contributed by atoms with E-state index in [-0.39, 0.29) is 25.5 Å². The Labute approximate surface area is 191 Å². The second-order valence-electron chi connectivity index (χ2n) is 7.25. The van der Waals surface area contributed by atoms with Crippen LogP contribution in [-0.2, 0) is 30.5 Å². The third kappa shape index (κ3) is 5.11. The number of methoxy groups -OCH3 is 2. The molecule has 1 amide bonds. The Kier molecular flexibility index (Phi) is 7.53. The molecule has 2 aromatic rings. The van der Waals surface area contributed by atoms with Gasteiger partial charge in [-0.1, -0.05) is 41.9 Å². The van der Waals surface area contributed by atoms with E-state index in [1.807, 2.05) is 12.1 Å². The standard InChI is InChI=1S/C24H24ClNO6/c1-15-23(24(29)32-14-17-6-4-5-7-20(17)30-2)19(16-8-10-18(25)11-9-16)12-21(27)26(15)13-22(28)31-3/h4-11,19H,12-14H2,1-3H3. The lowest BCUT2D eigenvalue weighted by Crippen LogP contribution is -2.41. The van der Waals surface area contributed by atoms with Crippen LogP contribution in [0.5, 0.6) is 5.75 Å². The van der Waals surface area contributed by atoms with Crippen LogP contribution in [0.4, 0.5) is 0 Å². The number of amides is 1. The number of carbonyl (C=O) groups is 3. The number of rotatable bonds is 7. The van der Waals surface area contributed by atoms with E-state index in [0.717, 1.165) is 5.56 Å². The van der Waals surface area contributed by atoms with Crippen molar-refractivity contribution in [2.75, 3.05) is 20.8 Å². The van der Waals surface area contributed by atoms with Crippen LogP contribution < -0.4 is 4.74 Å². The van der Waals surface area contributed by atoms with Gasteiger partial charge < -0.3 is 19.1 Å². The molecule has 0 radical (unpaired) electrons. The predicted octanol–water partition coefficient (Wildman–Crippen LogP) is 3.85. The fraction of sp³-hybridized carbons (Fsp3) is 0.292. The van der Waals surface area contributed by atoms with E-state index < -0.39 is 17.9 Å². The summed E-state index contributed by atoms with van der Waals surface area (Å²) < 4.78 is 15.6. The first-order chi connectivity index (χ1) is 15.3. The number of allylic oxidation sites excluding steroid dienone is 1. The monoisotopic (exact) mass is 457 g/mol. The van der Waals surface area contributed by atoms with E-state index in [2.05, 4.69) is 0 Å². The quantitative estimate of drug-likeness (QED) is 0.587. The zero-order valence-corrected chi connectivity index (χ0v) is 18.8. The Hall–Kier alpha value is -3.32. The van der Waals surface area contributed by atoms with Gasteiger partial charge >= 0.3 is 11.9 Å². The maximum absolute atomic E-state index is 13.2. The van der Waals surface area contributed by atoms with E-state index in [0.29, 0.717) is 27.6 Å². The second kappa shape index (κ2) is 10.3. The van der Waals surface area contributed by atoms with Crippen molar-refractivity contribution in [1.29, 1.82) is 0 Å². The molecule has 32 heavy (non-hydrogen) atoms. The Morgan fingerprint density at radius 2 is 1.78 bits per heavy atom. The van der Waals surface area contributed by atoms with Crippen molar-refractivity contribution in [3.05, 3.63) is 76.0 Å². The zero-order chi connectivity index (χ0) is 23.3. The van der Waals surface area contributed by atoms with Crippen LogP contribution in [0, 0.1) is 0 Å². The number of hydrogen-bond acceptors (Lipinski definition) is 6. The number of halogens is 1. The van der Waals surface area contributed by atoms with Crippen LogP contribution in [-0.4, -0.2) is 43.5 Å². The normalized spacial score (nSPS) is 16.1. The molecule has 0 saturated heterocycles. The summed E-state index contributed by atoms with van der Waals surface area (Å²) in [6.07, 6.45) is 0.00899. The van der Waals surface area contributed by atoms with Crippen LogP contribution in [0.2, 0.25) is 5.02 Å². The molecular weight excluding hydrogens is 434 g/mol. The van der Waals surface area contributed by atoms with Gasteiger partial charge in [-0.15, -0.1) is 0 Å². The number of carbonyl (C=O) groups excluding carboxylic acids is 3. The minimum atomic E-state index is -0.579. The highest BCUT2D eigenvalue weighted by Gasteiger charge is 2.37. The summed E-state index contributed by atoms with van der Waals surface area (Å²) in [4.78, 5) is 39.2. The number of esters is 2. The summed E-state index contributed by atoms with van der Waals surface area (Å²) in [5.74, 6) is -1.36. The molecule has 0 spiro atoms. The van der Waals surface area contributed by atoms with Crippen molar-refractivity contribution in [1.82, 2.24) is 4.90 Å². The van der Waals surface area contributed by atoms with Crippen molar-refractivity contribution in [2.24, 2.45) is 0 Å². The molecule has 0 saturated carbocycles. The van der Waals surface area contributed by atoms with Gasteiger partial charge in [0.15, 0.2) is 0 Å². The van der Waals surface area contributed by atoms with Crippen molar-refractivity contribution in [3.63, 3.8) is 0 Å². The molecule has 0 bridgehead atoms. The SMILES string of the molecule is COC(=O)CN1C(=O)CC(c2ccc(Cl)cc2)C(C(=O)OCc2ccccc2OC)=C1C. The van der Waals surface area contributed by atoms with Crippen LogP contribution in [0.25, 0.3) is 0 Å². The van der Waals surface area contributed by atoms with Crippen LogP contribution in [0.3, 0.4) is 0 Å². The maximum Gasteiger partial charge on any atom is 0.336 e. The number of para-hydroxylation sites is 1. The third-order valence-corrected chi connectivity index (χ3v) is 5.63. The van der Waals surface area contributed by atoms with Crippen molar-refractivity contribution in [3.8, 4) is 5.75 Å². The first-order valence-electron chi connectivity index (χ1n) is 9.98. The second-order valence-corrected chi connectivity index (χ2v) is 7.69. The van der Waals surface area contributed by atoms with E-state index >= 15 is 0 Å². The molecule has 0 fully saturated rings. The molecule has 168 valence electrons. The van der Waals surface area contributed by atoms with Gasteiger partial charge in [0.25, 0.3) is 0 Å². The molecule has 0 aliphatic carbocycles. The first-order valence-corrected chi connectivity index (χ1v) is 10.4. The lowest BCUT2D eigenvalue weighted by molar-refractivity contribution is -0.147. The highest BCUT2D eigenvalue weighted by atomic mass is 35.5. The average Bonchev–Trinajstić information content (AvgIpc) is 2.80. The van der Waals surface area contributed by atoms with E-state index in [4.69, 9.17) is 25.8 Å². The first kappa shape index (κ1) is 23.3. The molecular formula is C24H24ClNO6. The molecule has 1 aliphatic rings. The van der Waals surface area contributed by atoms with Crippen molar-refractivity contribution >= 4 is 29.4 Å². The summed E-state index contributed by atoms with van der Waals surface area (Å²) in [7, 11) is 2.79. The van der Waals surface area contributed by atoms with Crippen LogP contribution in [0.1, 0.15) is 30.4 Å². The molecule has 0 aromatic heterocycles. The Morgan fingerprint density at radius 1 is 1.09 bits per heavy atom. The predicted molar refractivity (Wildman–Crippen MR) is 118 cm³/mol. The molecule has 3 rings (SSSR count). The van der Waals surface area contributed by atoms with Gasteiger partial charge in [-0.05, 0) is 30.7 Å². The summed E-state index contributed by atoms with van der Waals surface area (Å²) in [6, 6.07) is 14.2. The topological polar surface area (TPSA) is 82.1 Å². The Morgan fingerprint density at radius 3 is 2.44 bits per heavy atom. The summed E-state index contributed by atoms with van der Waals surface area (Å²) in [6.45, 7) is 1.35. The number of hydrogen-bond donors (Lipinski definition) is 0. The van der Waals surface area contributed by atoms with E-state index in [1.165, 1.54) is 12.0 Å². The van der Waals surface area contributed by atoms with Gasteiger partial charge in [-0.25, -0.2) is 4.79 Å². The molecule has 2 aromatic carbocycles. The molecule has 7 nitrogen and oxygen atoms in total. The van der Waals surface area contributed by atoms with Gasteiger partial charge in [0.2, 0.25) is 5.91 Å². The molecule has 8 heteroatoms. The van der Waals surface area contributed by atoms with Gasteiger partial charge in [-0.2, -0.15) is 0 Å². The van der Waals surface area contributed by atoms with Crippen molar-refractivity contribution in [2.45, 2.75) is 25.9 Å². The number of nitrogens with zero attached hydrogens (tertiary/aromatic N) is 1. The van der Waals surface area contributed by atoms with Gasteiger partial charge in [0.05, 0.1) is 19.8 Å². The van der Waals surface area contributed by atoms with Gasteiger partial charge in [0, 0.05) is 28.6 Å². The fourth-order valence-corrected chi connectivity index (χ4v) is 3.81. The number of benzene rings is 2. The van der Waals surface area contributed by atoms with E-state index in [1.54, 1.807) is 50.4 Å². The lowest BCUT2D eigenvalue weighted by atomic mass is 9.83. The largest absolute Gasteiger partial charge is 0.496 e. The Balaban J connectivity index is 1.95. The summed E-state index contributed by atoms with van der Waals surface area (Å²) in [5.41, 5.74) is 2.13. The fourth-order valence-electron chi connectivity index (χ4n) is 3.68. The van der Waals surface area contributed by atoms with Gasteiger partial charge in [0.1, 0.15) is 18.9 Å². The highest BCUT2D eigenvalue weighted by Crippen LogP contribution is 2.37.